The Kier molecular flexibility index (Phi) is 4.47. The largest absolute Gasteiger partial charge is 0.505 e. The Morgan fingerprint density at radius 3 is 2.44 bits per heavy atom. The van der Waals surface area contributed by atoms with Gasteiger partial charge in [-0.3, -0.25) is 5.32 Å². The second-order valence-electron chi connectivity index (χ2n) is 6.76. The van der Waals surface area contributed by atoms with Gasteiger partial charge >= 0.3 is 0 Å². The van der Waals surface area contributed by atoms with E-state index in [2.05, 4.69) is 27.4 Å². The summed E-state index contributed by atoms with van der Waals surface area (Å²) in [6.45, 7) is 3.95. The fourth-order valence-corrected chi connectivity index (χ4v) is 3.33. The van der Waals surface area contributed by atoms with Crippen molar-refractivity contribution in [1.29, 1.82) is 0 Å². The van der Waals surface area contributed by atoms with E-state index in [1.54, 1.807) is 0 Å². The molecule has 1 atom stereocenters. The van der Waals surface area contributed by atoms with Crippen molar-refractivity contribution in [2.75, 3.05) is 5.32 Å². The highest BCUT2D eigenvalue weighted by molar-refractivity contribution is 5.86. The molecule has 4 rings (SSSR count). The molecule has 0 aliphatic heterocycles. The number of aromatic nitrogens is 2. The lowest BCUT2D eigenvalue weighted by atomic mass is 9.96. The highest BCUT2D eigenvalue weighted by Gasteiger charge is 2.24. The fourth-order valence-electron chi connectivity index (χ4n) is 3.33. The SMILES string of the molecule is Cc1ccc2ccc([C@H](Nc3cccc(C)[nH+]3)c3ccccc3)c(O)c2n1. The maximum absolute atomic E-state index is 11.0. The van der Waals surface area contributed by atoms with Gasteiger partial charge in [-0.1, -0.05) is 48.5 Å². The van der Waals surface area contributed by atoms with Gasteiger partial charge in [-0.2, -0.15) is 0 Å². The van der Waals surface area contributed by atoms with E-state index in [0.29, 0.717) is 5.52 Å². The third-order valence-electron chi connectivity index (χ3n) is 4.69. The van der Waals surface area contributed by atoms with Crippen molar-refractivity contribution in [2.45, 2.75) is 19.9 Å². The van der Waals surface area contributed by atoms with Crippen molar-refractivity contribution in [3.8, 4) is 5.75 Å². The van der Waals surface area contributed by atoms with Crippen LogP contribution in [0.1, 0.15) is 28.6 Å². The first-order valence-electron chi connectivity index (χ1n) is 9.01. The molecule has 0 spiro atoms. The van der Waals surface area contributed by atoms with Crippen LogP contribution in [0.4, 0.5) is 5.82 Å². The van der Waals surface area contributed by atoms with Crippen molar-refractivity contribution in [1.82, 2.24) is 4.98 Å². The van der Waals surface area contributed by atoms with Crippen LogP contribution in [-0.2, 0) is 0 Å². The fraction of sp³-hybridized carbons (Fsp3) is 0.130. The number of H-pyrrole nitrogens is 1. The number of phenols is 1. The van der Waals surface area contributed by atoms with Crippen LogP contribution < -0.4 is 10.3 Å². The lowest BCUT2D eigenvalue weighted by molar-refractivity contribution is -0.371. The molecule has 2 aromatic heterocycles. The summed E-state index contributed by atoms with van der Waals surface area (Å²) < 4.78 is 0. The molecule has 3 N–H and O–H groups in total. The summed E-state index contributed by atoms with van der Waals surface area (Å²) in [6.07, 6.45) is 0. The van der Waals surface area contributed by atoms with Crippen LogP contribution in [0.5, 0.6) is 5.75 Å². The molecule has 27 heavy (non-hydrogen) atoms. The Morgan fingerprint density at radius 1 is 0.889 bits per heavy atom. The van der Waals surface area contributed by atoms with Crippen molar-refractivity contribution in [3.05, 3.63) is 95.3 Å². The standard InChI is InChI=1S/C23H21N3O/c1-15-7-6-10-20(24-15)26-21(17-8-4-3-5-9-17)19-14-13-18-12-11-16(2)25-22(18)23(19)27/h3-14,21,27H,1-2H3,(H,24,26)/p+1/t21-/m1/s1. The van der Waals surface area contributed by atoms with E-state index >= 15 is 0 Å². The summed E-state index contributed by atoms with van der Waals surface area (Å²) in [5.41, 5.74) is 4.43. The molecule has 0 bridgehead atoms. The molecule has 4 heteroatoms. The number of benzene rings is 2. The molecule has 134 valence electrons. The quantitative estimate of drug-likeness (QED) is 0.563. The predicted octanol–water partition coefficient (Wildman–Crippen LogP) is 4.57. The molecule has 0 amide bonds. The number of nitrogens with one attached hydrogen (secondary N) is 2. The maximum atomic E-state index is 11.0. The van der Waals surface area contributed by atoms with Crippen molar-refractivity contribution in [2.24, 2.45) is 0 Å². The average molecular weight is 356 g/mol. The van der Waals surface area contributed by atoms with Gasteiger partial charge < -0.3 is 5.11 Å². The van der Waals surface area contributed by atoms with Crippen LogP contribution in [0.15, 0.2) is 72.8 Å². The van der Waals surface area contributed by atoms with Gasteiger partial charge in [0.2, 0.25) is 0 Å². The average Bonchev–Trinajstić information content (AvgIpc) is 2.68. The highest BCUT2D eigenvalue weighted by atomic mass is 16.3. The summed E-state index contributed by atoms with van der Waals surface area (Å²) in [6, 6.07) is 23.8. The number of fused-ring (bicyclic) bond motifs is 1. The predicted molar refractivity (Wildman–Crippen MR) is 108 cm³/mol. The zero-order chi connectivity index (χ0) is 18.8. The van der Waals surface area contributed by atoms with Gasteiger partial charge in [-0.25, -0.2) is 9.97 Å². The third kappa shape index (κ3) is 3.47. The van der Waals surface area contributed by atoms with Gasteiger partial charge in [0.25, 0.3) is 5.82 Å². The number of nitrogens with zero attached hydrogens (tertiary/aromatic N) is 1. The monoisotopic (exact) mass is 356 g/mol. The summed E-state index contributed by atoms with van der Waals surface area (Å²) in [5.74, 6) is 1.10. The number of aryl methyl sites for hydroxylation is 2. The van der Waals surface area contributed by atoms with E-state index < -0.39 is 0 Å². The molecular weight excluding hydrogens is 334 g/mol. The molecule has 0 aliphatic carbocycles. The van der Waals surface area contributed by atoms with Crippen LogP contribution >= 0.6 is 0 Å². The van der Waals surface area contributed by atoms with E-state index in [-0.39, 0.29) is 11.8 Å². The van der Waals surface area contributed by atoms with E-state index in [1.165, 1.54) is 0 Å². The molecule has 0 aliphatic rings. The number of rotatable bonds is 4. The summed E-state index contributed by atoms with van der Waals surface area (Å²) in [5, 5.41) is 15.5. The van der Waals surface area contributed by atoms with Gasteiger partial charge in [-0.05, 0) is 32.0 Å². The van der Waals surface area contributed by atoms with E-state index in [4.69, 9.17) is 0 Å². The minimum atomic E-state index is -0.212. The minimum Gasteiger partial charge on any atom is -0.505 e. The van der Waals surface area contributed by atoms with Gasteiger partial charge in [0, 0.05) is 28.3 Å². The first-order chi connectivity index (χ1) is 13.1. The Morgan fingerprint density at radius 2 is 1.67 bits per heavy atom. The summed E-state index contributed by atoms with van der Waals surface area (Å²) >= 11 is 0. The van der Waals surface area contributed by atoms with Gasteiger partial charge in [0.1, 0.15) is 17.3 Å². The topological polar surface area (TPSA) is 59.3 Å². The number of pyridine rings is 2. The van der Waals surface area contributed by atoms with Gasteiger partial charge in [0.15, 0.2) is 0 Å². The number of phenolic OH excluding ortho intramolecular Hbond substituents is 1. The summed E-state index contributed by atoms with van der Waals surface area (Å²) in [7, 11) is 0. The van der Waals surface area contributed by atoms with Crippen LogP contribution in [-0.4, -0.2) is 10.1 Å². The Bertz CT molecular complexity index is 1090. The normalized spacial score (nSPS) is 12.1. The molecule has 0 saturated heterocycles. The third-order valence-corrected chi connectivity index (χ3v) is 4.69. The number of hydrogen-bond donors (Lipinski definition) is 2. The highest BCUT2D eigenvalue weighted by Crippen LogP contribution is 2.36. The van der Waals surface area contributed by atoms with Crippen molar-refractivity contribution < 1.29 is 10.1 Å². The molecule has 2 aromatic carbocycles. The van der Waals surface area contributed by atoms with Gasteiger partial charge in [0.05, 0.1) is 5.69 Å². The van der Waals surface area contributed by atoms with Crippen LogP contribution in [0.25, 0.3) is 10.9 Å². The first kappa shape index (κ1) is 17.0. The first-order valence-corrected chi connectivity index (χ1v) is 9.01. The van der Waals surface area contributed by atoms with Gasteiger partial charge in [-0.15, -0.1) is 0 Å². The number of anilines is 1. The smallest absolute Gasteiger partial charge is 0.273 e. The zero-order valence-corrected chi connectivity index (χ0v) is 15.4. The Balaban J connectivity index is 1.86. The number of aromatic hydroxyl groups is 1. The lowest BCUT2D eigenvalue weighted by Gasteiger charge is -2.18. The maximum Gasteiger partial charge on any atom is 0.273 e. The summed E-state index contributed by atoms with van der Waals surface area (Å²) in [4.78, 5) is 7.88. The number of aromatic amines is 1. The molecule has 0 saturated carbocycles. The van der Waals surface area contributed by atoms with Crippen molar-refractivity contribution >= 4 is 16.7 Å². The second-order valence-corrected chi connectivity index (χ2v) is 6.76. The van der Waals surface area contributed by atoms with Crippen LogP contribution in [0, 0.1) is 13.8 Å². The number of hydrogen-bond acceptors (Lipinski definition) is 3. The van der Waals surface area contributed by atoms with Crippen LogP contribution in [0.3, 0.4) is 0 Å². The zero-order valence-electron chi connectivity index (χ0n) is 15.4. The van der Waals surface area contributed by atoms with E-state index in [9.17, 15) is 5.11 Å². The van der Waals surface area contributed by atoms with Crippen molar-refractivity contribution in [3.63, 3.8) is 0 Å². The molecule has 0 radical (unpaired) electrons. The molecule has 4 aromatic rings. The van der Waals surface area contributed by atoms with Crippen LogP contribution in [0.2, 0.25) is 0 Å². The molecular formula is C23H22N3O+. The second kappa shape index (κ2) is 7.08. The molecule has 0 unspecified atom stereocenters. The Hall–Kier alpha value is -3.40. The van der Waals surface area contributed by atoms with E-state index in [0.717, 1.165) is 33.7 Å². The minimum absolute atomic E-state index is 0.212. The molecule has 4 nitrogen and oxygen atoms in total. The molecule has 2 heterocycles. The Labute approximate surface area is 158 Å². The van der Waals surface area contributed by atoms with E-state index in [1.807, 2.05) is 74.5 Å². The molecule has 0 fully saturated rings. The lowest BCUT2D eigenvalue weighted by Crippen LogP contribution is -2.20.